The molecule has 2 aliphatic rings. The zero-order chi connectivity index (χ0) is 13.3. The van der Waals surface area contributed by atoms with Crippen LogP contribution in [-0.2, 0) is 16.6 Å². The molecule has 3 rings (SSSR count). The molecule has 0 aromatic heterocycles. The van der Waals surface area contributed by atoms with E-state index in [2.05, 4.69) is 18.2 Å². The van der Waals surface area contributed by atoms with Gasteiger partial charge in [-0.25, -0.2) is 0 Å². The minimum atomic E-state index is 0.217. The zero-order valence-corrected chi connectivity index (χ0v) is 11.7. The summed E-state index contributed by atoms with van der Waals surface area (Å²) in [5.41, 5.74) is 9.23. The predicted molar refractivity (Wildman–Crippen MR) is 75.6 cm³/mol. The molecule has 1 aliphatic carbocycles. The summed E-state index contributed by atoms with van der Waals surface area (Å²) in [5.74, 6) is 1.54. The first kappa shape index (κ1) is 12.9. The maximum absolute atomic E-state index is 6.06. The highest BCUT2D eigenvalue weighted by atomic mass is 16.5. The molecule has 1 atom stereocenters. The second-order valence-electron chi connectivity index (χ2n) is 5.76. The third-order valence-corrected chi connectivity index (χ3v) is 5.07. The van der Waals surface area contributed by atoms with E-state index in [0.717, 1.165) is 44.8 Å². The van der Waals surface area contributed by atoms with Gasteiger partial charge in [0, 0.05) is 18.6 Å². The maximum Gasteiger partial charge on any atom is 0.119 e. The van der Waals surface area contributed by atoms with Gasteiger partial charge in [0.1, 0.15) is 5.75 Å². The van der Waals surface area contributed by atoms with E-state index < -0.39 is 0 Å². The van der Waals surface area contributed by atoms with Gasteiger partial charge in [0.05, 0.1) is 7.11 Å². The molecule has 1 aromatic carbocycles. The Morgan fingerprint density at radius 2 is 2.16 bits per heavy atom. The molecule has 1 spiro atoms. The average molecular weight is 261 g/mol. The van der Waals surface area contributed by atoms with Crippen LogP contribution in [0.2, 0.25) is 0 Å². The minimum absolute atomic E-state index is 0.217. The number of rotatable bonds is 2. The molecule has 3 nitrogen and oxygen atoms in total. The quantitative estimate of drug-likeness (QED) is 0.888. The lowest BCUT2D eigenvalue weighted by Gasteiger charge is -2.47. The van der Waals surface area contributed by atoms with E-state index in [0.29, 0.717) is 5.92 Å². The Bertz CT molecular complexity index is 452. The van der Waals surface area contributed by atoms with Crippen LogP contribution in [0.4, 0.5) is 0 Å². The van der Waals surface area contributed by atoms with Crippen molar-refractivity contribution < 1.29 is 9.47 Å². The van der Waals surface area contributed by atoms with Crippen molar-refractivity contribution in [1.82, 2.24) is 0 Å². The number of methoxy groups -OCH3 is 1. The van der Waals surface area contributed by atoms with E-state index in [1.807, 2.05) is 0 Å². The number of ether oxygens (including phenoxy) is 2. The fourth-order valence-corrected chi connectivity index (χ4v) is 3.95. The Labute approximate surface area is 115 Å². The Hall–Kier alpha value is -1.06. The Kier molecular flexibility index (Phi) is 3.50. The van der Waals surface area contributed by atoms with Crippen molar-refractivity contribution in [3.8, 4) is 5.75 Å². The van der Waals surface area contributed by atoms with Crippen LogP contribution in [0.25, 0.3) is 0 Å². The molecule has 0 saturated carbocycles. The van der Waals surface area contributed by atoms with Crippen molar-refractivity contribution in [2.45, 2.75) is 31.1 Å². The molecule has 1 aliphatic heterocycles. The minimum Gasteiger partial charge on any atom is -0.497 e. The van der Waals surface area contributed by atoms with Crippen molar-refractivity contribution >= 4 is 0 Å². The summed E-state index contributed by atoms with van der Waals surface area (Å²) in [6.45, 7) is 2.48. The highest BCUT2D eigenvalue weighted by Crippen LogP contribution is 2.48. The van der Waals surface area contributed by atoms with E-state index >= 15 is 0 Å². The third-order valence-electron chi connectivity index (χ3n) is 5.07. The third kappa shape index (κ3) is 2.05. The van der Waals surface area contributed by atoms with Crippen LogP contribution < -0.4 is 10.5 Å². The number of aryl methyl sites for hydroxylation is 1. The van der Waals surface area contributed by atoms with Gasteiger partial charge in [-0.2, -0.15) is 0 Å². The van der Waals surface area contributed by atoms with Gasteiger partial charge in [-0.15, -0.1) is 0 Å². The summed E-state index contributed by atoms with van der Waals surface area (Å²) in [7, 11) is 1.74. The highest BCUT2D eigenvalue weighted by molar-refractivity contribution is 5.43. The fraction of sp³-hybridized carbons (Fsp3) is 0.625. The molecule has 1 aromatic rings. The van der Waals surface area contributed by atoms with Gasteiger partial charge in [-0.1, -0.05) is 6.07 Å². The lowest BCUT2D eigenvalue weighted by Crippen LogP contribution is -2.46. The molecule has 1 saturated heterocycles. The van der Waals surface area contributed by atoms with Crippen LogP contribution in [0, 0.1) is 5.92 Å². The van der Waals surface area contributed by atoms with Crippen LogP contribution in [0.15, 0.2) is 18.2 Å². The average Bonchev–Trinajstić information content (AvgIpc) is 2.48. The molecule has 0 radical (unpaired) electrons. The molecule has 2 N–H and O–H groups in total. The lowest BCUT2D eigenvalue weighted by atomic mass is 9.59. The number of nitrogens with two attached hydrogens (primary N) is 1. The smallest absolute Gasteiger partial charge is 0.119 e. The normalized spacial score (nSPS) is 25.1. The van der Waals surface area contributed by atoms with E-state index in [1.54, 1.807) is 7.11 Å². The van der Waals surface area contributed by atoms with Crippen molar-refractivity contribution in [2.24, 2.45) is 11.7 Å². The van der Waals surface area contributed by atoms with Crippen molar-refractivity contribution in [1.29, 1.82) is 0 Å². The van der Waals surface area contributed by atoms with E-state index in [-0.39, 0.29) is 5.41 Å². The largest absolute Gasteiger partial charge is 0.497 e. The number of fused-ring (bicyclic) bond motifs is 2. The van der Waals surface area contributed by atoms with E-state index in [9.17, 15) is 0 Å². The SMILES string of the molecule is COc1ccc2c(c1)C1(CCOCC1)C(CN)CC2. The lowest BCUT2D eigenvalue weighted by molar-refractivity contribution is 0.0213. The molecule has 0 bridgehead atoms. The first-order valence-electron chi connectivity index (χ1n) is 7.25. The first-order chi connectivity index (χ1) is 9.30. The summed E-state index contributed by atoms with van der Waals surface area (Å²) in [6, 6.07) is 6.55. The summed E-state index contributed by atoms with van der Waals surface area (Å²) < 4.78 is 11.0. The first-order valence-corrected chi connectivity index (χ1v) is 7.25. The van der Waals surface area contributed by atoms with Crippen molar-refractivity contribution in [3.63, 3.8) is 0 Å². The van der Waals surface area contributed by atoms with Crippen LogP contribution >= 0.6 is 0 Å². The number of hydrogen-bond acceptors (Lipinski definition) is 3. The molecular formula is C16H23NO2. The molecule has 3 heteroatoms. The molecular weight excluding hydrogens is 238 g/mol. The van der Waals surface area contributed by atoms with E-state index in [1.165, 1.54) is 17.5 Å². The second kappa shape index (κ2) is 5.14. The van der Waals surface area contributed by atoms with Gasteiger partial charge in [-0.3, -0.25) is 0 Å². The van der Waals surface area contributed by atoms with Gasteiger partial charge in [0.2, 0.25) is 0 Å². The van der Waals surface area contributed by atoms with Gasteiger partial charge >= 0.3 is 0 Å². The van der Waals surface area contributed by atoms with Crippen molar-refractivity contribution in [3.05, 3.63) is 29.3 Å². The van der Waals surface area contributed by atoms with Crippen LogP contribution in [-0.4, -0.2) is 26.9 Å². The number of hydrogen-bond donors (Lipinski definition) is 1. The topological polar surface area (TPSA) is 44.5 Å². The Morgan fingerprint density at radius 1 is 1.37 bits per heavy atom. The molecule has 1 heterocycles. The monoisotopic (exact) mass is 261 g/mol. The summed E-state index contributed by atoms with van der Waals surface area (Å²) in [6.07, 6.45) is 4.53. The van der Waals surface area contributed by atoms with Crippen LogP contribution in [0.3, 0.4) is 0 Å². The van der Waals surface area contributed by atoms with Gasteiger partial charge in [0.25, 0.3) is 0 Å². The van der Waals surface area contributed by atoms with Gasteiger partial charge in [-0.05, 0) is 61.4 Å². The van der Waals surface area contributed by atoms with Crippen LogP contribution in [0.5, 0.6) is 5.75 Å². The maximum atomic E-state index is 6.06. The summed E-state index contributed by atoms with van der Waals surface area (Å²) >= 11 is 0. The van der Waals surface area contributed by atoms with Crippen molar-refractivity contribution in [2.75, 3.05) is 26.9 Å². The summed E-state index contributed by atoms with van der Waals surface area (Å²) in [5, 5.41) is 0. The fourth-order valence-electron chi connectivity index (χ4n) is 3.95. The molecule has 1 unspecified atom stereocenters. The second-order valence-corrected chi connectivity index (χ2v) is 5.76. The van der Waals surface area contributed by atoms with Gasteiger partial charge < -0.3 is 15.2 Å². The molecule has 1 fully saturated rings. The highest BCUT2D eigenvalue weighted by Gasteiger charge is 2.44. The summed E-state index contributed by atoms with van der Waals surface area (Å²) in [4.78, 5) is 0. The molecule has 0 amide bonds. The standard InChI is InChI=1S/C16H23NO2/c1-18-14-5-3-12-2-4-13(11-17)16(15(12)10-14)6-8-19-9-7-16/h3,5,10,13H,2,4,6-9,11,17H2,1H3. The van der Waals surface area contributed by atoms with Crippen LogP contribution in [0.1, 0.15) is 30.4 Å². The molecule has 104 valence electrons. The number of benzene rings is 1. The zero-order valence-electron chi connectivity index (χ0n) is 11.7. The predicted octanol–water partition coefficient (Wildman–Crippen LogP) is 2.26. The van der Waals surface area contributed by atoms with Gasteiger partial charge in [0.15, 0.2) is 0 Å². The molecule has 19 heavy (non-hydrogen) atoms. The van der Waals surface area contributed by atoms with E-state index in [4.69, 9.17) is 15.2 Å². The Balaban J connectivity index is 2.08. The Morgan fingerprint density at radius 3 is 2.84 bits per heavy atom.